The molecule has 0 saturated carbocycles. The van der Waals surface area contributed by atoms with Gasteiger partial charge in [-0.2, -0.15) is 0 Å². The normalized spacial score (nSPS) is 10.7. The van der Waals surface area contributed by atoms with E-state index in [2.05, 4.69) is 15.5 Å². The maximum Gasteiger partial charge on any atom is 0.295 e. The van der Waals surface area contributed by atoms with Crippen molar-refractivity contribution in [1.29, 1.82) is 0 Å². The van der Waals surface area contributed by atoms with Crippen molar-refractivity contribution >= 4 is 40.6 Å². The quantitative estimate of drug-likeness (QED) is 0.769. The van der Waals surface area contributed by atoms with Crippen molar-refractivity contribution in [2.75, 3.05) is 5.75 Å². The van der Waals surface area contributed by atoms with Crippen molar-refractivity contribution in [1.82, 2.24) is 15.5 Å². The standard InChI is InChI=1S/C14H16ClN3O2S2/c1-9(2)20-13-17-18-14(22-13)21-8-12(19)16-7-10-4-3-5-11(15)6-10/h3-6,9H,7-8H2,1-2H3,(H,16,19). The first-order valence-electron chi connectivity index (χ1n) is 6.67. The molecule has 0 unspecified atom stereocenters. The van der Waals surface area contributed by atoms with Gasteiger partial charge in [-0.3, -0.25) is 4.79 Å². The van der Waals surface area contributed by atoms with E-state index in [1.54, 1.807) is 6.07 Å². The molecule has 118 valence electrons. The van der Waals surface area contributed by atoms with Crippen molar-refractivity contribution in [3.63, 3.8) is 0 Å². The van der Waals surface area contributed by atoms with Crippen LogP contribution in [0.1, 0.15) is 19.4 Å². The summed E-state index contributed by atoms with van der Waals surface area (Å²) >= 11 is 8.58. The first kappa shape index (κ1) is 17.1. The number of nitrogens with one attached hydrogen (secondary N) is 1. The van der Waals surface area contributed by atoms with E-state index in [1.165, 1.54) is 23.1 Å². The number of carbonyl (C=O) groups is 1. The number of amides is 1. The van der Waals surface area contributed by atoms with Crippen molar-refractivity contribution in [3.8, 4) is 5.19 Å². The van der Waals surface area contributed by atoms with Crippen LogP contribution in [0, 0.1) is 0 Å². The summed E-state index contributed by atoms with van der Waals surface area (Å²) in [4.78, 5) is 11.8. The van der Waals surface area contributed by atoms with Gasteiger partial charge in [0.05, 0.1) is 11.9 Å². The van der Waals surface area contributed by atoms with Gasteiger partial charge < -0.3 is 10.1 Å². The fraction of sp³-hybridized carbons (Fsp3) is 0.357. The molecule has 2 aromatic rings. The zero-order valence-electron chi connectivity index (χ0n) is 12.2. The smallest absolute Gasteiger partial charge is 0.295 e. The van der Waals surface area contributed by atoms with Crippen LogP contribution in [0.15, 0.2) is 28.6 Å². The monoisotopic (exact) mass is 357 g/mol. The highest BCUT2D eigenvalue weighted by molar-refractivity contribution is 8.01. The Hall–Kier alpha value is -1.31. The van der Waals surface area contributed by atoms with Gasteiger partial charge in [0.2, 0.25) is 5.91 Å². The Balaban J connectivity index is 1.74. The van der Waals surface area contributed by atoms with E-state index >= 15 is 0 Å². The third kappa shape index (κ3) is 5.82. The molecule has 1 heterocycles. The van der Waals surface area contributed by atoms with Gasteiger partial charge in [0.25, 0.3) is 5.19 Å². The predicted molar refractivity (Wildman–Crippen MR) is 89.7 cm³/mol. The molecule has 0 aliphatic rings. The topological polar surface area (TPSA) is 64.1 Å². The highest BCUT2D eigenvalue weighted by Gasteiger charge is 2.09. The minimum Gasteiger partial charge on any atom is -0.466 e. The number of benzene rings is 1. The van der Waals surface area contributed by atoms with Crippen LogP contribution in [0.2, 0.25) is 5.02 Å². The lowest BCUT2D eigenvalue weighted by atomic mass is 10.2. The van der Waals surface area contributed by atoms with Crippen molar-refractivity contribution in [2.45, 2.75) is 30.8 Å². The van der Waals surface area contributed by atoms with Gasteiger partial charge in [-0.1, -0.05) is 40.6 Å². The largest absolute Gasteiger partial charge is 0.466 e. The Labute approximate surface area is 142 Å². The number of hydrogen-bond donors (Lipinski definition) is 1. The molecule has 0 atom stereocenters. The van der Waals surface area contributed by atoms with Crippen LogP contribution < -0.4 is 10.1 Å². The Kier molecular flexibility index (Phi) is 6.48. The number of rotatable bonds is 7. The summed E-state index contributed by atoms with van der Waals surface area (Å²) < 4.78 is 6.15. The maximum absolute atomic E-state index is 11.8. The molecule has 0 aliphatic carbocycles. The van der Waals surface area contributed by atoms with Gasteiger partial charge in [-0.25, -0.2) is 0 Å². The molecule has 1 amide bonds. The van der Waals surface area contributed by atoms with Crippen molar-refractivity contribution in [3.05, 3.63) is 34.9 Å². The van der Waals surface area contributed by atoms with Gasteiger partial charge in [-0.15, -0.1) is 5.10 Å². The maximum atomic E-state index is 11.8. The predicted octanol–water partition coefficient (Wildman–Crippen LogP) is 3.39. The van der Waals surface area contributed by atoms with Gasteiger partial charge in [0.15, 0.2) is 4.34 Å². The fourth-order valence-electron chi connectivity index (χ4n) is 1.53. The van der Waals surface area contributed by atoms with Gasteiger partial charge in [0.1, 0.15) is 0 Å². The number of thioether (sulfide) groups is 1. The second-order valence-electron chi connectivity index (χ2n) is 4.70. The molecule has 0 spiro atoms. The lowest BCUT2D eigenvalue weighted by molar-refractivity contribution is -0.118. The van der Waals surface area contributed by atoms with E-state index in [0.29, 0.717) is 21.1 Å². The summed E-state index contributed by atoms with van der Waals surface area (Å²) in [5, 5.41) is 11.9. The molecule has 0 aliphatic heterocycles. The summed E-state index contributed by atoms with van der Waals surface area (Å²) in [6.07, 6.45) is 0.0618. The van der Waals surface area contributed by atoms with E-state index < -0.39 is 0 Å². The molecular weight excluding hydrogens is 342 g/mol. The van der Waals surface area contributed by atoms with E-state index in [4.69, 9.17) is 16.3 Å². The number of hydrogen-bond acceptors (Lipinski definition) is 6. The molecule has 22 heavy (non-hydrogen) atoms. The van der Waals surface area contributed by atoms with E-state index in [0.717, 1.165) is 5.56 Å². The molecule has 1 aromatic heterocycles. The Morgan fingerprint density at radius 1 is 1.45 bits per heavy atom. The summed E-state index contributed by atoms with van der Waals surface area (Å²) in [7, 11) is 0. The first-order valence-corrected chi connectivity index (χ1v) is 8.85. The summed E-state index contributed by atoms with van der Waals surface area (Å²) in [6.45, 7) is 4.31. The highest BCUT2D eigenvalue weighted by Crippen LogP contribution is 2.27. The number of nitrogens with zero attached hydrogens (tertiary/aromatic N) is 2. The van der Waals surface area contributed by atoms with Gasteiger partial charge >= 0.3 is 0 Å². The number of ether oxygens (including phenoxy) is 1. The van der Waals surface area contributed by atoms with Crippen LogP contribution >= 0.6 is 34.7 Å². The zero-order chi connectivity index (χ0) is 15.9. The lowest BCUT2D eigenvalue weighted by Crippen LogP contribution is -2.24. The van der Waals surface area contributed by atoms with Crippen molar-refractivity contribution in [2.24, 2.45) is 0 Å². The molecule has 2 rings (SSSR count). The molecule has 1 aromatic carbocycles. The molecule has 0 radical (unpaired) electrons. The minimum atomic E-state index is -0.0634. The average molecular weight is 358 g/mol. The fourth-order valence-corrected chi connectivity index (χ4v) is 3.38. The molecule has 0 fully saturated rings. The number of halogens is 1. The van der Waals surface area contributed by atoms with Crippen LogP contribution in [-0.4, -0.2) is 28.0 Å². The summed E-state index contributed by atoms with van der Waals surface area (Å²) in [5.41, 5.74) is 0.967. The van der Waals surface area contributed by atoms with E-state index in [9.17, 15) is 4.79 Å². The molecule has 1 N–H and O–H groups in total. The highest BCUT2D eigenvalue weighted by atomic mass is 35.5. The van der Waals surface area contributed by atoms with Crippen molar-refractivity contribution < 1.29 is 9.53 Å². The van der Waals surface area contributed by atoms with Crippen LogP contribution in [0.25, 0.3) is 0 Å². The second-order valence-corrected chi connectivity index (χ2v) is 7.29. The number of carbonyl (C=O) groups excluding carboxylic acids is 1. The van der Waals surface area contributed by atoms with E-state index in [-0.39, 0.29) is 17.8 Å². The van der Waals surface area contributed by atoms with Crippen LogP contribution in [0.4, 0.5) is 0 Å². The van der Waals surface area contributed by atoms with Crippen LogP contribution in [0.3, 0.4) is 0 Å². The molecule has 5 nitrogen and oxygen atoms in total. The Bertz CT molecular complexity index is 634. The molecule has 0 bridgehead atoms. The Morgan fingerprint density at radius 3 is 3.00 bits per heavy atom. The first-order chi connectivity index (χ1) is 10.5. The van der Waals surface area contributed by atoms with Crippen LogP contribution in [0.5, 0.6) is 5.19 Å². The average Bonchev–Trinajstić information content (AvgIpc) is 2.90. The van der Waals surface area contributed by atoms with Gasteiger partial charge in [-0.05, 0) is 42.9 Å². The van der Waals surface area contributed by atoms with E-state index in [1.807, 2.05) is 32.0 Å². The number of aromatic nitrogens is 2. The molecule has 8 heteroatoms. The minimum absolute atomic E-state index is 0.0618. The van der Waals surface area contributed by atoms with Gasteiger partial charge in [0, 0.05) is 11.6 Å². The SMILES string of the molecule is CC(C)Oc1nnc(SCC(=O)NCc2cccc(Cl)c2)s1. The van der Waals surface area contributed by atoms with Crippen LogP contribution in [-0.2, 0) is 11.3 Å². The summed E-state index contributed by atoms with van der Waals surface area (Å²) in [6, 6.07) is 7.40. The lowest BCUT2D eigenvalue weighted by Gasteiger charge is -2.04. The Morgan fingerprint density at radius 2 is 2.27 bits per heavy atom. The summed E-state index contributed by atoms with van der Waals surface area (Å²) in [5.74, 6) is 0.225. The molecular formula is C14H16ClN3O2S2. The third-order valence-corrected chi connectivity index (χ3v) is 4.61. The zero-order valence-corrected chi connectivity index (χ0v) is 14.6. The third-order valence-electron chi connectivity index (χ3n) is 2.43. The second kappa shape index (κ2) is 8.36. The molecule has 0 saturated heterocycles.